The molecule has 4 aromatic carbocycles. The number of imidazole rings is 2. The van der Waals surface area contributed by atoms with E-state index < -0.39 is 0 Å². The van der Waals surface area contributed by atoms with Crippen LogP contribution in [0.4, 0.5) is 0 Å². The topological polar surface area (TPSA) is 150 Å². The molecule has 0 aliphatic carbocycles. The molecule has 6 rings (SSSR count). The molecule has 50 heavy (non-hydrogen) atoms. The normalized spacial score (nSPS) is 12.4. The van der Waals surface area contributed by atoms with Gasteiger partial charge in [0.25, 0.3) is 0 Å². The molecular formula is C39H40N10O. The Hall–Kier alpha value is -5.89. The Balaban J connectivity index is 1.23. The number of Topliss-reactive ketones (excluding diaryl/α,β-unsaturated/α-hetero) is 1. The van der Waals surface area contributed by atoms with Gasteiger partial charge in [0.15, 0.2) is 0 Å². The van der Waals surface area contributed by atoms with Gasteiger partial charge in [-0.3, -0.25) is 13.9 Å². The van der Waals surface area contributed by atoms with Crippen LogP contribution in [0.1, 0.15) is 73.4 Å². The summed E-state index contributed by atoms with van der Waals surface area (Å²) in [5.74, 6) is 1.40. The average molecular weight is 665 g/mol. The Morgan fingerprint density at radius 2 is 1.06 bits per heavy atom. The van der Waals surface area contributed by atoms with Crippen molar-refractivity contribution in [2.75, 3.05) is 13.1 Å². The molecule has 0 fully saturated rings. The monoisotopic (exact) mass is 664 g/mol. The first-order valence-electron chi connectivity index (χ1n) is 17.1. The molecule has 11 heteroatoms. The number of aromatic nitrogens is 4. The van der Waals surface area contributed by atoms with E-state index in [0.717, 1.165) is 80.2 Å². The summed E-state index contributed by atoms with van der Waals surface area (Å²) in [5, 5.41) is 7.28. The van der Waals surface area contributed by atoms with Gasteiger partial charge in [-0.25, -0.2) is 9.97 Å². The Morgan fingerprint density at radius 3 is 1.42 bits per heavy atom. The molecule has 252 valence electrons. The number of hydrogen-bond acceptors (Lipinski definition) is 5. The number of azide groups is 2. The third-order valence-corrected chi connectivity index (χ3v) is 9.50. The van der Waals surface area contributed by atoms with Crippen LogP contribution in [-0.4, -0.2) is 38.0 Å². The number of aryl methyl sites for hydroxylation is 2. The third-order valence-electron chi connectivity index (χ3n) is 9.50. The molecule has 0 N–H and O–H groups in total. The second-order valence-electron chi connectivity index (χ2n) is 12.5. The zero-order valence-electron chi connectivity index (χ0n) is 28.9. The van der Waals surface area contributed by atoms with Gasteiger partial charge >= 0.3 is 0 Å². The molecule has 2 heterocycles. The van der Waals surface area contributed by atoms with Crippen LogP contribution in [0, 0.1) is 0 Å². The average Bonchev–Trinajstić information content (AvgIpc) is 3.72. The van der Waals surface area contributed by atoms with E-state index >= 15 is 0 Å². The number of ketones is 1. The fourth-order valence-electron chi connectivity index (χ4n) is 6.66. The first kappa shape index (κ1) is 34.0. The van der Waals surface area contributed by atoms with Crippen LogP contribution in [0.15, 0.2) is 95.2 Å². The van der Waals surface area contributed by atoms with Crippen molar-refractivity contribution >= 4 is 27.9 Å². The van der Waals surface area contributed by atoms with E-state index in [4.69, 9.17) is 21.0 Å². The van der Waals surface area contributed by atoms with E-state index in [1.54, 1.807) is 0 Å². The minimum Gasteiger partial charge on any atom is -0.298 e. The van der Waals surface area contributed by atoms with Crippen molar-refractivity contribution in [3.63, 3.8) is 0 Å². The summed E-state index contributed by atoms with van der Waals surface area (Å²) >= 11 is 0. The number of rotatable bonds is 14. The summed E-state index contributed by atoms with van der Waals surface area (Å²) in [5.41, 5.74) is 27.0. The summed E-state index contributed by atoms with van der Waals surface area (Å²) in [6, 6.07) is 28.9. The largest absolute Gasteiger partial charge is 0.298 e. The van der Waals surface area contributed by atoms with Gasteiger partial charge in [-0.15, -0.1) is 0 Å². The van der Waals surface area contributed by atoms with Crippen molar-refractivity contribution in [2.24, 2.45) is 10.2 Å². The molecule has 0 saturated heterocycles. The molecule has 0 saturated carbocycles. The van der Waals surface area contributed by atoms with Gasteiger partial charge in [0.05, 0.1) is 22.1 Å². The summed E-state index contributed by atoms with van der Waals surface area (Å²) in [6.07, 6.45) is 2.90. The molecule has 0 amide bonds. The molecule has 0 spiro atoms. The van der Waals surface area contributed by atoms with Crippen LogP contribution in [0.2, 0.25) is 0 Å². The zero-order chi connectivity index (χ0) is 35.2. The summed E-state index contributed by atoms with van der Waals surface area (Å²) in [7, 11) is 0. The molecule has 0 aliphatic heterocycles. The number of carbonyl (C=O) groups is 1. The maximum atomic E-state index is 14.0. The minimum absolute atomic E-state index is 0.140. The zero-order valence-corrected chi connectivity index (χ0v) is 28.9. The summed E-state index contributed by atoms with van der Waals surface area (Å²) in [4.78, 5) is 29.6. The quantitative estimate of drug-likeness (QED) is 0.0648. The predicted octanol–water partition coefficient (Wildman–Crippen LogP) is 9.67. The first-order chi connectivity index (χ1) is 24.4. The van der Waals surface area contributed by atoms with Crippen molar-refractivity contribution in [1.29, 1.82) is 0 Å². The molecule has 0 bridgehead atoms. The number of fused-ring (bicyclic) bond motifs is 2. The van der Waals surface area contributed by atoms with E-state index in [1.165, 1.54) is 0 Å². The second kappa shape index (κ2) is 15.1. The lowest BCUT2D eigenvalue weighted by molar-refractivity contribution is -0.121. The molecule has 0 aliphatic rings. The highest BCUT2D eigenvalue weighted by molar-refractivity contribution is 5.93. The van der Waals surface area contributed by atoms with Crippen molar-refractivity contribution in [3.8, 4) is 11.4 Å². The van der Waals surface area contributed by atoms with Gasteiger partial charge in [0.2, 0.25) is 0 Å². The van der Waals surface area contributed by atoms with Gasteiger partial charge in [-0.2, -0.15) is 0 Å². The molecule has 0 radical (unpaired) electrons. The van der Waals surface area contributed by atoms with Crippen molar-refractivity contribution in [3.05, 3.63) is 140 Å². The van der Waals surface area contributed by atoms with E-state index in [9.17, 15) is 4.79 Å². The van der Waals surface area contributed by atoms with Crippen LogP contribution < -0.4 is 0 Å². The molecular weight excluding hydrogens is 624 g/mol. The van der Waals surface area contributed by atoms with E-state index in [-0.39, 0.29) is 17.6 Å². The fourth-order valence-corrected chi connectivity index (χ4v) is 6.66. The van der Waals surface area contributed by atoms with Crippen LogP contribution in [0.25, 0.3) is 54.3 Å². The van der Waals surface area contributed by atoms with Crippen LogP contribution in [0.5, 0.6) is 0 Å². The van der Waals surface area contributed by atoms with Crippen LogP contribution in [0.3, 0.4) is 0 Å². The van der Waals surface area contributed by atoms with E-state index in [1.807, 2.05) is 26.0 Å². The highest BCUT2D eigenvalue weighted by atomic mass is 16.1. The third kappa shape index (κ3) is 6.83. The number of nitrogens with zero attached hydrogens (tertiary/aromatic N) is 10. The Labute approximate surface area is 290 Å². The Kier molecular flexibility index (Phi) is 10.3. The van der Waals surface area contributed by atoms with Crippen molar-refractivity contribution in [2.45, 2.75) is 65.2 Å². The lowest BCUT2D eigenvalue weighted by atomic mass is 9.85. The molecule has 2 aromatic heterocycles. The van der Waals surface area contributed by atoms with E-state index in [0.29, 0.717) is 25.9 Å². The number of carbonyl (C=O) groups excluding carboxylic acids is 1. The van der Waals surface area contributed by atoms with Crippen LogP contribution in [-0.2, 0) is 30.5 Å². The van der Waals surface area contributed by atoms with Crippen LogP contribution >= 0.6 is 0 Å². The molecule has 11 nitrogen and oxygen atoms in total. The van der Waals surface area contributed by atoms with Gasteiger partial charge < -0.3 is 0 Å². The Bertz CT molecular complexity index is 2090. The van der Waals surface area contributed by atoms with Gasteiger partial charge in [-0.1, -0.05) is 74.3 Å². The van der Waals surface area contributed by atoms with Crippen molar-refractivity contribution < 1.29 is 4.79 Å². The second-order valence-corrected chi connectivity index (χ2v) is 12.5. The molecule has 2 atom stereocenters. The van der Waals surface area contributed by atoms with Gasteiger partial charge in [-0.05, 0) is 94.7 Å². The Morgan fingerprint density at radius 1 is 0.660 bits per heavy atom. The summed E-state index contributed by atoms with van der Waals surface area (Å²) < 4.78 is 4.34. The van der Waals surface area contributed by atoms with Gasteiger partial charge in [0, 0.05) is 59.0 Å². The number of hydrogen-bond donors (Lipinski definition) is 0. The van der Waals surface area contributed by atoms with E-state index in [2.05, 4.69) is 116 Å². The maximum absolute atomic E-state index is 14.0. The number of benzene rings is 4. The molecule has 2 unspecified atom stereocenters. The molecule has 6 aromatic rings. The SMILES string of the molecule is CCc1nc2cc(C(C)C(=O)C(C)c3ccc4c(c3)nc(CC)n4-c3ccc(CCN=[N+]=[N-])cc3)ccc2n1-c1ccc(CCN=[N+]=[N-])cc1. The smallest absolute Gasteiger partial charge is 0.147 e. The highest BCUT2D eigenvalue weighted by Crippen LogP contribution is 2.32. The standard InChI is InChI=1S/C39H40N10O/c1-5-37-44-33-23-29(11-17-35(33)48(37)31-13-7-27(8-14-31)19-21-42-46-40)25(3)39(50)26(4)30-12-18-36-34(24-30)45-38(6-2)49(36)32-15-9-28(10-16-32)20-22-43-47-41/h7-18,23-26H,5-6,19-22H2,1-4H3. The van der Waals surface area contributed by atoms with Gasteiger partial charge in [0.1, 0.15) is 17.4 Å². The maximum Gasteiger partial charge on any atom is 0.147 e. The minimum atomic E-state index is -0.322. The fraction of sp³-hybridized carbons (Fsp3) is 0.308. The van der Waals surface area contributed by atoms with Crippen molar-refractivity contribution in [1.82, 2.24) is 19.1 Å². The summed E-state index contributed by atoms with van der Waals surface area (Å²) in [6.45, 7) is 9.00. The highest BCUT2D eigenvalue weighted by Gasteiger charge is 2.25. The lowest BCUT2D eigenvalue weighted by Crippen LogP contribution is -2.16. The predicted molar refractivity (Wildman–Crippen MR) is 198 cm³/mol. The first-order valence-corrected chi connectivity index (χ1v) is 17.1. The lowest BCUT2D eigenvalue weighted by Gasteiger charge is -2.17.